The van der Waals surface area contributed by atoms with Crippen molar-refractivity contribution in [3.63, 3.8) is 0 Å². The first-order valence-corrected chi connectivity index (χ1v) is 15.3. The molecule has 0 aromatic rings. The van der Waals surface area contributed by atoms with Gasteiger partial charge in [-0.15, -0.1) is 0 Å². The summed E-state index contributed by atoms with van der Waals surface area (Å²) in [6.07, 6.45) is 7.40. The third-order valence-corrected chi connectivity index (χ3v) is 6.77. The Balaban J connectivity index is 0.000000146. The minimum absolute atomic E-state index is 0.0626. The molecule has 0 amide bonds. The fourth-order valence-electron chi connectivity index (χ4n) is 4.68. The van der Waals surface area contributed by atoms with E-state index in [1.165, 1.54) is 0 Å². The summed E-state index contributed by atoms with van der Waals surface area (Å²) in [6, 6.07) is 0. The van der Waals surface area contributed by atoms with Crippen LogP contribution in [0.5, 0.6) is 0 Å². The molecule has 0 bridgehead atoms. The van der Waals surface area contributed by atoms with Crippen LogP contribution in [0.1, 0.15) is 79.1 Å². The van der Waals surface area contributed by atoms with Gasteiger partial charge in [0.25, 0.3) is 0 Å². The molecule has 0 aromatic carbocycles. The second-order valence-electron chi connectivity index (χ2n) is 11.9. The van der Waals surface area contributed by atoms with Crippen LogP contribution in [0.4, 0.5) is 0 Å². The van der Waals surface area contributed by atoms with Gasteiger partial charge < -0.3 is 28.4 Å². The maximum absolute atomic E-state index is 5.52. The summed E-state index contributed by atoms with van der Waals surface area (Å²) in [7, 11) is 0. The number of nitrogens with zero attached hydrogens (tertiary/aromatic N) is 6. The average Bonchev–Trinajstić information content (AvgIpc) is 3.80. The normalized spacial score (nSPS) is 22.6. The number of hydrogen-bond acceptors (Lipinski definition) is 12. The van der Waals surface area contributed by atoms with Gasteiger partial charge in [-0.05, 0) is 40.5 Å². The van der Waals surface area contributed by atoms with Crippen LogP contribution in [-0.2, 0) is 28.4 Å². The van der Waals surface area contributed by atoms with E-state index in [0.717, 1.165) is 139 Å². The van der Waals surface area contributed by atoms with E-state index in [1.807, 2.05) is 0 Å². The maximum atomic E-state index is 5.52. The number of rotatable bonds is 11. The third kappa shape index (κ3) is 11.6. The Morgan fingerprint density at radius 2 is 0.738 bits per heavy atom. The lowest BCUT2D eigenvalue weighted by Crippen LogP contribution is -2.17. The van der Waals surface area contributed by atoms with Gasteiger partial charge in [0.05, 0.1) is 37.3 Å². The zero-order valence-corrected chi connectivity index (χ0v) is 25.9. The smallest absolute Gasteiger partial charge is 0.184 e. The van der Waals surface area contributed by atoms with Gasteiger partial charge in [-0.1, -0.05) is 0 Å². The van der Waals surface area contributed by atoms with Crippen molar-refractivity contribution in [1.29, 1.82) is 0 Å². The minimum atomic E-state index is -0.0626. The Bertz CT molecular complexity index is 994. The van der Waals surface area contributed by atoms with Gasteiger partial charge in [0.1, 0.15) is 39.6 Å². The van der Waals surface area contributed by atoms with Gasteiger partial charge in [-0.3, -0.25) is 20.0 Å². The Morgan fingerprint density at radius 1 is 0.429 bits per heavy atom. The van der Waals surface area contributed by atoms with E-state index in [9.17, 15) is 0 Å². The summed E-state index contributed by atoms with van der Waals surface area (Å²) in [4.78, 5) is 25.8. The molecule has 6 heterocycles. The minimum Gasteiger partial charge on any atom is -0.479 e. The molecule has 0 atom stereocenters. The van der Waals surface area contributed by atoms with Crippen molar-refractivity contribution in [2.75, 3.05) is 65.8 Å². The lowest BCUT2D eigenvalue weighted by molar-refractivity contribution is 0.267. The van der Waals surface area contributed by atoms with E-state index >= 15 is 0 Å². The highest BCUT2D eigenvalue weighted by molar-refractivity contribution is 5.86. The molecule has 0 fully saturated rings. The highest BCUT2D eigenvalue weighted by Gasteiger charge is 2.29. The summed E-state index contributed by atoms with van der Waals surface area (Å²) in [5.41, 5.74) is -0.125. The molecule has 0 radical (unpaired) electrons. The summed E-state index contributed by atoms with van der Waals surface area (Å²) >= 11 is 0. The van der Waals surface area contributed by atoms with E-state index in [0.29, 0.717) is 13.2 Å². The zero-order valence-electron chi connectivity index (χ0n) is 25.9. The summed E-state index contributed by atoms with van der Waals surface area (Å²) in [5, 5.41) is 0. The number of ether oxygens (including phenoxy) is 6. The molecule has 0 N–H and O–H groups in total. The predicted octanol–water partition coefficient (Wildman–Crippen LogP) is 4.21. The number of unbranched alkanes of at least 4 members (excludes halogenated alkanes) is 1. The van der Waals surface area contributed by atoms with Crippen molar-refractivity contribution >= 4 is 35.4 Å². The van der Waals surface area contributed by atoms with E-state index in [2.05, 4.69) is 57.6 Å². The molecule has 0 unspecified atom stereocenters. The maximum Gasteiger partial charge on any atom is 0.184 e. The van der Waals surface area contributed by atoms with Gasteiger partial charge in [-0.2, -0.15) is 0 Å². The molecule has 42 heavy (non-hydrogen) atoms. The average molecular weight is 589 g/mol. The van der Waals surface area contributed by atoms with Crippen LogP contribution in [0, 0.1) is 0 Å². The van der Waals surface area contributed by atoms with Crippen LogP contribution in [0.3, 0.4) is 0 Å². The van der Waals surface area contributed by atoms with Crippen molar-refractivity contribution in [1.82, 2.24) is 0 Å². The lowest BCUT2D eigenvalue weighted by atomic mass is 10.1. The summed E-state index contributed by atoms with van der Waals surface area (Å²) < 4.78 is 32.2. The molecule has 0 saturated carbocycles. The molecule has 12 heteroatoms. The Morgan fingerprint density at radius 3 is 1.00 bits per heavy atom. The molecule has 0 saturated heterocycles. The number of aliphatic imine (C=N–C) groups is 6. The fourth-order valence-corrected chi connectivity index (χ4v) is 4.68. The van der Waals surface area contributed by atoms with Gasteiger partial charge in [0.2, 0.25) is 0 Å². The lowest BCUT2D eigenvalue weighted by Gasteiger charge is -2.07. The molecule has 6 rings (SSSR count). The predicted molar refractivity (Wildman–Crippen MR) is 165 cm³/mol. The van der Waals surface area contributed by atoms with Crippen LogP contribution in [0.25, 0.3) is 0 Å². The van der Waals surface area contributed by atoms with Crippen molar-refractivity contribution in [2.45, 2.75) is 90.1 Å². The first kappa shape index (κ1) is 31.7. The summed E-state index contributed by atoms with van der Waals surface area (Å²) in [5.74, 6) is 5.24. The van der Waals surface area contributed by atoms with Crippen LogP contribution < -0.4 is 0 Å². The van der Waals surface area contributed by atoms with Crippen LogP contribution >= 0.6 is 0 Å². The molecule has 234 valence electrons. The van der Waals surface area contributed by atoms with E-state index in [4.69, 9.17) is 28.4 Å². The Labute approximate surface area is 249 Å². The standard InChI is InChI=1S/C12H20N2O2.C10H16N2O2.C8H12N2O2/c1-11(2)7-15-9(13-11)5-6-10-14-12(3,4)8-16-10;1(3-9-11-5-7-13-9)2-4-10-12-6-8-14-10;1(7-9-3-5-11-7)2-8-10-4-6-12-8/h5-8H2,1-4H3;1-8H2;1-6H2. The summed E-state index contributed by atoms with van der Waals surface area (Å²) in [6.45, 7) is 16.0. The first-order valence-electron chi connectivity index (χ1n) is 15.3. The highest BCUT2D eigenvalue weighted by atomic mass is 16.5. The third-order valence-electron chi connectivity index (χ3n) is 6.77. The van der Waals surface area contributed by atoms with E-state index in [-0.39, 0.29) is 11.1 Å². The molecular formula is C30H48N6O6. The second-order valence-corrected chi connectivity index (χ2v) is 11.9. The largest absolute Gasteiger partial charge is 0.479 e. The van der Waals surface area contributed by atoms with Crippen molar-refractivity contribution in [3.8, 4) is 0 Å². The van der Waals surface area contributed by atoms with Crippen molar-refractivity contribution in [2.24, 2.45) is 30.0 Å². The quantitative estimate of drug-likeness (QED) is 0.333. The van der Waals surface area contributed by atoms with Gasteiger partial charge >= 0.3 is 0 Å². The molecule has 0 aliphatic carbocycles. The fraction of sp³-hybridized carbons (Fsp3) is 0.800. The molecule has 0 spiro atoms. The topological polar surface area (TPSA) is 130 Å². The van der Waals surface area contributed by atoms with Crippen molar-refractivity contribution in [3.05, 3.63) is 0 Å². The van der Waals surface area contributed by atoms with Gasteiger partial charge in [0, 0.05) is 38.5 Å². The number of hydrogen-bond donors (Lipinski definition) is 0. The van der Waals surface area contributed by atoms with Crippen LogP contribution in [0.2, 0.25) is 0 Å². The monoisotopic (exact) mass is 588 g/mol. The zero-order chi connectivity index (χ0) is 29.7. The molecule has 6 aliphatic heterocycles. The van der Waals surface area contributed by atoms with Crippen molar-refractivity contribution < 1.29 is 28.4 Å². The second kappa shape index (κ2) is 15.9. The molecule has 0 aromatic heterocycles. The SMILES string of the molecule is C(CCC1=NCCO1)CC1=NCCO1.C1COC(CCC2=NCCO2)=N1.CC1(C)COC(CCC2=NC(C)(C)CO2)=N1. The molecule has 12 nitrogen and oxygen atoms in total. The van der Waals surface area contributed by atoms with Crippen LogP contribution in [0.15, 0.2) is 30.0 Å². The Kier molecular flexibility index (Phi) is 12.0. The van der Waals surface area contributed by atoms with Gasteiger partial charge in [0.15, 0.2) is 35.4 Å². The van der Waals surface area contributed by atoms with Gasteiger partial charge in [-0.25, -0.2) is 9.98 Å². The first-order chi connectivity index (χ1) is 20.3. The molecular weight excluding hydrogens is 540 g/mol. The Hall–Kier alpha value is -3.18. The highest BCUT2D eigenvalue weighted by Crippen LogP contribution is 2.22. The molecule has 6 aliphatic rings. The van der Waals surface area contributed by atoms with E-state index in [1.54, 1.807) is 0 Å². The van der Waals surface area contributed by atoms with E-state index < -0.39 is 0 Å². The van der Waals surface area contributed by atoms with Crippen LogP contribution in [-0.4, -0.2) is 112 Å².